The number of rotatable bonds is 22. The first-order valence-electron chi connectivity index (χ1n) is 34.3. The molecule has 0 aliphatic carbocycles. The summed E-state index contributed by atoms with van der Waals surface area (Å²) in [5.41, 5.74) is 11.7. The molecule has 0 aromatic carbocycles. The van der Waals surface area contributed by atoms with Gasteiger partial charge < -0.3 is 72.4 Å². The molecule has 92 heavy (non-hydrogen) atoms. The highest BCUT2D eigenvalue weighted by molar-refractivity contribution is 9.09. The molecular formula is C62H127B3BrN15O11. The summed E-state index contributed by atoms with van der Waals surface area (Å²) in [5.74, 6) is 2.66. The van der Waals surface area contributed by atoms with Gasteiger partial charge in [-0.15, -0.1) is 0 Å². The van der Waals surface area contributed by atoms with Crippen LogP contribution in [-0.4, -0.2) is 293 Å². The summed E-state index contributed by atoms with van der Waals surface area (Å²) in [6, 6.07) is 1.51. The first-order valence-corrected chi connectivity index (χ1v) is 35.4. The smallest absolute Gasteiger partial charge is 0.373 e. The summed E-state index contributed by atoms with van der Waals surface area (Å²) in [6.07, 6.45) is 15.5. The Balaban J connectivity index is 0. The number of nitrogens with zero attached hydrogens (tertiary/aromatic N) is 9. The molecule has 0 spiro atoms. The van der Waals surface area contributed by atoms with Crippen molar-refractivity contribution in [3.05, 3.63) is 54.6 Å². The number of halogens is 1. The number of nitrogens with two attached hydrogens (primary N) is 2. The van der Waals surface area contributed by atoms with Gasteiger partial charge in [0.15, 0.2) is 11.6 Å². The van der Waals surface area contributed by atoms with Gasteiger partial charge in [0.25, 0.3) is 0 Å². The van der Waals surface area contributed by atoms with Gasteiger partial charge in [-0.25, -0.2) is 0 Å². The first kappa shape index (κ1) is 90.8. The lowest BCUT2D eigenvalue weighted by Gasteiger charge is -2.23. The zero-order chi connectivity index (χ0) is 70.1. The van der Waals surface area contributed by atoms with Gasteiger partial charge in [-0.3, -0.25) is 44.8 Å². The Kier molecular flexibility index (Phi) is 55.2. The number of likely N-dealkylation sites (N-methyl/N-ethyl adjacent to an activating group) is 5. The van der Waals surface area contributed by atoms with Gasteiger partial charge in [-0.2, -0.15) is 0 Å². The Hall–Kier alpha value is -3.23. The number of amides is 2. The minimum absolute atomic E-state index is 0.0969. The maximum absolute atomic E-state index is 10.7. The van der Waals surface area contributed by atoms with E-state index in [2.05, 4.69) is 121 Å². The maximum atomic E-state index is 10.7. The molecule has 6 unspecified atom stereocenters. The topological polar surface area (TPSA) is 344 Å². The van der Waals surface area contributed by atoms with Crippen molar-refractivity contribution in [3.8, 4) is 0 Å². The van der Waals surface area contributed by atoms with Gasteiger partial charge in [0.1, 0.15) is 6.61 Å². The average molecular weight is 1370 g/mol. The summed E-state index contributed by atoms with van der Waals surface area (Å²) < 4.78 is 0. The van der Waals surface area contributed by atoms with Gasteiger partial charge in [-0.05, 0) is 122 Å². The third kappa shape index (κ3) is 41.7. The number of aliphatic hydroxyl groups excluding tert-OH is 2. The summed E-state index contributed by atoms with van der Waals surface area (Å²) in [7, 11) is 9.85. The number of hydrogen-bond acceptors (Lipinski definition) is 21. The molecule has 0 aromatic rings. The Morgan fingerprint density at radius 2 is 1.07 bits per heavy atom. The lowest BCUT2D eigenvalue weighted by molar-refractivity contribution is -0.525. The van der Waals surface area contributed by atoms with Crippen LogP contribution >= 0.6 is 15.9 Å². The number of alkyl halides is 1. The van der Waals surface area contributed by atoms with Crippen LogP contribution in [0, 0.1) is 65.9 Å². The molecule has 8 saturated heterocycles. The fourth-order valence-corrected chi connectivity index (χ4v) is 12.7. The standard InChI is InChI=1S/C9H17BN2O2.C9H17BN2O.C8H16N2O2.C8H18N2.C7H15BN2O.C6H12N2.C6H13N.C4H7Br.C3H7NO2.C2H5NO3/c1-2-12-5-7(3-4-13)8(6-12)11-9(10)14;1-3-7-5-12(4-2)6-8(7)11-9(10)13;1-3-7-5-9(4-2)6-8(7)10(11)12;1-3-7-5-10(4-2)6-8(7)9;1-8(11)9-7-5-10-3-2-6(7)4-10;7-6-4-8-2-1-5(6)3-8;1-3-5-6-7-4-2;1-2-3-4-5;1-2-3-4(5)6;4-2-1-3(5)6/h7-8,13H,2-6H2,1H3,(H,11,14);7-8H,3-6H2,1-2H3,(H,11,13);7-8H,3-6H2,1-2H3;7-8H,3-6,9H2,1-2H3;6-7,9,11H,2-5H2,1H3;5-6H,1-4,7H2;3,5,7H,4,6H2,1-2H3;2-3H,4H2,1H3;2-3H2,1H3;4H,1-2H2/b;;;;;;5-3+;3-2+;;/t4*7-,8-;;;;;;/m0000....../s1. The van der Waals surface area contributed by atoms with E-state index < -0.39 is 16.5 Å². The van der Waals surface area contributed by atoms with Crippen LogP contribution in [0.1, 0.15) is 121 Å². The second-order valence-corrected chi connectivity index (χ2v) is 25.2. The highest BCUT2D eigenvalue weighted by Gasteiger charge is 2.40. The van der Waals surface area contributed by atoms with Crippen LogP contribution in [0.3, 0.4) is 0 Å². The molecule has 8 aliphatic rings. The van der Waals surface area contributed by atoms with Crippen molar-refractivity contribution < 1.29 is 39.6 Å². The number of piperidine rings is 2. The van der Waals surface area contributed by atoms with Crippen molar-refractivity contribution in [1.29, 1.82) is 0 Å². The molecule has 11 N–H and O–H groups in total. The van der Waals surface area contributed by atoms with Crippen molar-refractivity contribution in [1.82, 2.24) is 50.6 Å². The highest BCUT2D eigenvalue weighted by atomic mass is 79.9. The average Bonchev–Trinajstić information content (AvgIpc) is 2.26. The third-order valence-electron chi connectivity index (χ3n) is 17.8. The molecule has 0 aromatic heterocycles. The van der Waals surface area contributed by atoms with Gasteiger partial charge in [0, 0.05) is 148 Å². The predicted molar refractivity (Wildman–Crippen MR) is 381 cm³/mol. The number of fused-ring (bicyclic) bond motifs is 4. The number of aliphatic hydroxyl groups is 2. The Morgan fingerprint density at radius 3 is 1.35 bits per heavy atom. The molecule has 8 fully saturated rings. The van der Waals surface area contributed by atoms with E-state index in [0.717, 1.165) is 134 Å². The second kappa shape index (κ2) is 55.9. The largest absolute Gasteiger partial charge is 0.437 e. The predicted octanol–water partition coefficient (Wildman–Crippen LogP) is 3.93. The quantitative estimate of drug-likeness (QED) is 0.0185. The molecule has 8 heterocycles. The van der Waals surface area contributed by atoms with E-state index in [-0.39, 0.29) is 67.2 Å². The van der Waals surface area contributed by atoms with Crippen LogP contribution in [0.5, 0.6) is 0 Å². The van der Waals surface area contributed by atoms with Gasteiger partial charge >= 0.3 is 7.05 Å². The van der Waals surface area contributed by atoms with Gasteiger partial charge in [0.05, 0.1) is 6.54 Å². The number of allylic oxidation sites excluding steroid dienone is 3. The van der Waals surface area contributed by atoms with Crippen LogP contribution in [0.25, 0.3) is 0 Å². The van der Waals surface area contributed by atoms with Gasteiger partial charge in [0.2, 0.25) is 34.8 Å². The maximum Gasteiger partial charge on any atom is 0.373 e. The molecule has 8 aliphatic heterocycles. The van der Waals surface area contributed by atoms with Crippen LogP contribution in [-0.2, 0) is 0 Å². The number of likely N-dealkylation sites (tertiary alicyclic amines) is 4. The normalized spacial score (nSPS) is 28.2. The molecule has 30 heteroatoms. The number of hydrogen-bond donors (Lipinski definition) is 9. The van der Waals surface area contributed by atoms with E-state index >= 15 is 0 Å². The second-order valence-electron chi connectivity index (χ2n) is 24.6. The molecule has 14 atom stereocenters. The zero-order valence-electron chi connectivity index (χ0n) is 58.8. The summed E-state index contributed by atoms with van der Waals surface area (Å²) >= 11 is 3.22. The van der Waals surface area contributed by atoms with Crippen molar-refractivity contribution in [3.63, 3.8) is 0 Å². The highest BCUT2D eigenvalue weighted by Crippen LogP contribution is 2.28. The van der Waals surface area contributed by atoms with E-state index in [0.29, 0.717) is 42.9 Å². The minimum Gasteiger partial charge on any atom is -0.437 e. The number of nitrogens with one attached hydrogen (secondary N) is 4. The molecule has 532 valence electrons. The third-order valence-corrected chi connectivity index (χ3v) is 18.2. The molecular weight excluding hydrogens is 1240 g/mol. The Labute approximate surface area is 566 Å². The first-order chi connectivity index (χ1) is 43.8. The molecule has 2 amide bonds. The van der Waals surface area contributed by atoms with Crippen molar-refractivity contribution in [2.24, 2.45) is 47.0 Å². The monoisotopic (exact) mass is 1370 g/mol. The fourth-order valence-electron chi connectivity index (χ4n) is 12.3. The van der Waals surface area contributed by atoms with E-state index in [1.54, 1.807) is 13.7 Å². The van der Waals surface area contributed by atoms with Crippen molar-refractivity contribution >= 4 is 50.3 Å². The molecule has 0 saturated carbocycles. The van der Waals surface area contributed by atoms with E-state index in [1.807, 2.05) is 39.0 Å². The molecule has 8 rings (SSSR count). The van der Waals surface area contributed by atoms with E-state index in [4.69, 9.17) is 42.4 Å². The van der Waals surface area contributed by atoms with Crippen LogP contribution in [0.4, 0.5) is 9.59 Å². The number of carbonyl (C=O) groups is 2. The van der Waals surface area contributed by atoms with Crippen molar-refractivity contribution in [2.75, 3.05) is 163 Å². The zero-order valence-corrected chi connectivity index (χ0v) is 60.3. The minimum atomic E-state index is -0.569. The Bertz CT molecular complexity index is 1960. The van der Waals surface area contributed by atoms with Gasteiger partial charge in [-0.1, -0.05) is 115 Å². The summed E-state index contributed by atoms with van der Waals surface area (Å²) in [4.78, 5) is 63.8. The van der Waals surface area contributed by atoms with Crippen LogP contribution in [0.15, 0.2) is 24.3 Å². The lowest BCUT2D eigenvalue weighted by Crippen LogP contribution is -2.46. The summed E-state index contributed by atoms with van der Waals surface area (Å²) in [6.45, 7) is 45.3. The molecule has 4 bridgehead atoms. The van der Waals surface area contributed by atoms with E-state index in [9.17, 15) is 39.9 Å². The summed E-state index contributed by atoms with van der Waals surface area (Å²) in [5, 5.41) is 67.9. The lowest BCUT2D eigenvalue weighted by atomic mass is 9.84. The van der Waals surface area contributed by atoms with E-state index in [1.165, 1.54) is 52.0 Å². The van der Waals surface area contributed by atoms with Crippen LogP contribution in [0.2, 0.25) is 6.82 Å². The van der Waals surface area contributed by atoms with Crippen LogP contribution < -0.4 is 32.6 Å². The fraction of sp³-hybridized carbons (Fsp3) is 0.903. The number of nitro groups is 3. The number of carbonyl (C=O) groups excluding carboxylic acids is 2. The molecule has 4 radical (unpaired) electrons. The van der Waals surface area contributed by atoms with Crippen molar-refractivity contribution in [2.45, 2.75) is 164 Å². The molecule has 26 nitrogen and oxygen atoms in total. The SMILES string of the molecule is C/C=C/CBr.C/C=C/CNCC.CB(O)NC1CN2CCC1C2.CCC[N+](=O)[O-].CC[C@H]1CN(CC)C[C@@H]1N.CC[C@H]1CN(CC)C[C@@H]1[N+](=O)[O-].NC1CN2CCC1C2.O=[N+]([O-])CCO.[B]C(=O)N[C@H]1CN(CC)C[C@@H]1CC.[B]C(=O)N[C@H]1CN(CC)C[C@@H]1CCO. The Morgan fingerprint density at radius 1 is 0.598 bits per heavy atom.